The molecule has 2 unspecified atom stereocenters. The summed E-state index contributed by atoms with van der Waals surface area (Å²) < 4.78 is 0. The summed E-state index contributed by atoms with van der Waals surface area (Å²) in [5.74, 6) is -1.23. The second-order valence-electron chi connectivity index (χ2n) is 8.35. The van der Waals surface area contributed by atoms with Gasteiger partial charge in [-0.3, -0.25) is 29.0 Å². The predicted molar refractivity (Wildman–Crippen MR) is 88.7 cm³/mol. The normalized spacial score (nSPS) is 26.1. The first-order valence-electron chi connectivity index (χ1n) is 8.66. The van der Waals surface area contributed by atoms with Gasteiger partial charge in [-0.25, -0.2) is 0 Å². The molecule has 0 aliphatic carbocycles. The van der Waals surface area contributed by atoms with E-state index in [-0.39, 0.29) is 48.3 Å². The van der Waals surface area contributed by atoms with Gasteiger partial charge in [0.15, 0.2) is 0 Å². The molecule has 6 nitrogen and oxygen atoms in total. The van der Waals surface area contributed by atoms with Crippen molar-refractivity contribution in [3.63, 3.8) is 0 Å². The van der Waals surface area contributed by atoms with E-state index < -0.39 is 11.1 Å². The van der Waals surface area contributed by atoms with E-state index in [0.29, 0.717) is 12.8 Å². The molecule has 2 heterocycles. The zero-order valence-electron chi connectivity index (χ0n) is 15.5. The lowest BCUT2D eigenvalue weighted by molar-refractivity contribution is -0.149. The maximum atomic E-state index is 12.5. The summed E-state index contributed by atoms with van der Waals surface area (Å²) in [6, 6.07) is 0. The van der Waals surface area contributed by atoms with Crippen molar-refractivity contribution in [2.45, 2.75) is 78.3 Å². The Morgan fingerprint density at radius 2 is 1.33 bits per heavy atom. The summed E-state index contributed by atoms with van der Waals surface area (Å²) in [5, 5.41) is 0. The third-order valence-electron chi connectivity index (χ3n) is 5.18. The smallest absolute Gasteiger partial charge is 0.233 e. The van der Waals surface area contributed by atoms with Crippen LogP contribution in [0, 0.1) is 11.8 Å². The Labute approximate surface area is 143 Å². The monoisotopic (exact) mass is 336 g/mol. The number of nitrogens with zero attached hydrogens (tertiary/aromatic N) is 2. The topological polar surface area (TPSA) is 74.8 Å². The van der Waals surface area contributed by atoms with E-state index in [1.165, 1.54) is 9.80 Å². The lowest BCUT2D eigenvalue weighted by atomic mass is 9.84. The van der Waals surface area contributed by atoms with Gasteiger partial charge in [-0.05, 0) is 40.5 Å². The average Bonchev–Trinajstić information content (AvgIpc) is 2.85. The number of likely N-dealkylation sites (tertiary alicyclic amines) is 2. The predicted octanol–water partition coefficient (Wildman–Crippen LogP) is 2.11. The molecule has 2 rings (SSSR count). The molecular weight excluding hydrogens is 308 g/mol. The molecule has 24 heavy (non-hydrogen) atoms. The van der Waals surface area contributed by atoms with Crippen LogP contribution in [0.1, 0.15) is 67.2 Å². The number of hydrogen-bond donors (Lipinski definition) is 0. The SMILES string of the molecule is CCC1CC(=O)N(C(C)(C)CC(C)(C)N2C(=O)CC(C)C2=O)C1=O. The highest BCUT2D eigenvalue weighted by Gasteiger charge is 2.51. The largest absolute Gasteiger partial charge is 0.277 e. The van der Waals surface area contributed by atoms with Gasteiger partial charge in [0.2, 0.25) is 23.6 Å². The molecule has 4 amide bonds. The number of amides is 4. The van der Waals surface area contributed by atoms with Crippen molar-refractivity contribution in [3.8, 4) is 0 Å². The minimum Gasteiger partial charge on any atom is -0.277 e. The van der Waals surface area contributed by atoms with Crippen LogP contribution >= 0.6 is 0 Å². The summed E-state index contributed by atoms with van der Waals surface area (Å²) in [7, 11) is 0. The Bertz CT molecular complexity index is 594. The van der Waals surface area contributed by atoms with Crippen molar-refractivity contribution >= 4 is 23.6 Å². The standard InChI is InChI=1S/C18H28N2O4/c1-7-12-9-14(22)20(16(12)24)18(5,6)10-17(3,4)19-13(21)8-11(2)15(19)23/h11-12H,7-10H2,1-6H3. The molecule has 0 N–H and O–H groups in total. The molecule has 0 aromatic rings. The van der Waals surface area contributed by atoms with Gasteiger partial charge in [0, 0.05) is 35.8 Å². The van der Waals surface area contributed by atoms with Crippen LogP contribution in [-0.2, 0) is 19.2 Å². The highest BCUT2D eigenvalue weighted by atomic mass is 16.2. The summed E-state index contributed by atoms with van der Waals surface area (Å²) in [4.78, 5) is 52.1. The van der Waals surface area contributed by atoms with Gasteiger partial charge in [0.1, 0.15) is 0 Å². The Kier molecular flexibility index (Phi) is 4.63. The summed E-state index contributed by atoms with van der Waals surface area (Å²) in [6.07, 6.45) is 1.47. The number of carbonyl (C=O) groups is 4. The first-order valence-corrected chi connectivity index (χ1v) is 8.66. The zero-order chi connectivity index (χ0) is 18.4. The van der Waals surface area contributed by atoms with Gasteiger partial charge < -0.3 is 0 Å². The Morgan fingerprint density at radius 1 is 0.875 bits per heavy atom. The highest BCUT2D eigenvalue weighted by Crippen LogP contribution is 2.38. The lowest BCUT2D eigenvalue weighted by Gasteiger charge is -2.43. The first-order chi connectivity index (χ1) is 10.9. The fourth-order valence-corrected chi connectivity index (χ4v) is 4.29. The van der Waals surface area contributed by atoms with E-state index in [9.17, 15) is 19.2 Å². The summed E-state index contributed by atoms with van der Waals surface area (Å²) in [5.41, 5.74) is -1.51. The van der Waals surface area contributed by atoms with Gasteiger partial charge in [-0.15, -0.1) is 0 Å². The Morgan fingerprint density at radius 3 is 1.71 bits per heavy atom. The molecule has 6 heteroatoms. The molecule has 2 atom stereocenters. The van der Waals surface area contributed by atoms with E-state index in [0.717, 1.165) is 0 Å². The Balaban J connectivity index is 2.25. The third-order valence-corrected chi connectivity index (χ3v) is 5.18. The lowest BCUT2D eigenvalue weighted by Crippen LogP contribution is -2.57. The number of hydrogen-bond acceptors (Lipinski definition) is 4. The molecule has 2 aliphatic heterocycles. The molecule has 2 aliphatic rings. The minimum atomic E-state index is -0.757. The molecule has 2 saturated heterocycles. The molecule has 134 valence electrons. The first kappa shape index (κ1) is 18.6. The number of imide groups is 2. The molecule has 2 fully saturated rings. The van der Waals surface area contributed by atoms with Gasteiger partial charge in [0.05, 0.1) is 0 Å². The van der Waals surface area contributed by atoms with Crippen molar-refractivity contribution in [1.29, 1.82) is 0 Å². The molecule has 0 aromatic heterocycles. The van der Waals surface area contributed by atoms with E-state index >= 15 is 0 Å². The van der Waals surface area contributed by atoms with E-state index in [2.05, 4.69) is 0 Å². The second kappa shape index (κ2) is 5.97. The molecule has 0 aromatic carbocycles. The van der Waals surface area contributed by atoms with Crippen LogP contribution in [0.4, 0.5) is 0 Å². The maximum Gasteiger partial charge on any atom is 0.233 e. The molecule has 0 bridgehead atoms. The van der Waals surface area contributed by atoms with Crippen LogP contribution in [0.2, 0.25) is 0 Å². The summed E-state index contributed by atoms with van der Waals surface area (Å²) >= 11 is 0. The van der Waals surface area contributed by atoms with Crippen LogP contribution in [0.15, 0.2) is 0 Å². The zero-order valence-corrected chi connectivity index (χ0v) is 15.5. The van der Waals surface area contributed by atoms with E-state index in [1.54, 1.807) is 6.92 Å². The number of rotatable bonds is 5. The minimum absolute atomic E-state index is 0.143. The van der Waals surface area contributed by atoms with Crippen molar-refractivity contribution in [3.05, 3.63) is 0 Å². The van der Waals surface area contributed by atoms with Crippen molar-refractivity contribution < 1.29 is 19.2 Å². The fourth-order valence-electron chi connectivity index (χ4n) is 4.29. The molecule has 0 radical (unpaired) electrons. The fraction of sp³-hybridized carbons (Fsp3) is 0.778. The van der Waals surface area contributed by atoms with Crippen LogP contribution < -0.4 is 0 Å². The maximum absolute atomic E-state index is 12.5. The van der Waals surface area contributed by atoms with Crippen molar-refractivity contribution in [2.75, 3.05) is 0 Å². The van der Waals surface area contributed by atoms with Crippen LogP contribution in [0.3, 0.4) is 0 Å². The highest BCUT2D eigenvalue weighted by molar-refractivity contribution is 6.05. The van der Waals surface area contributed by atoms with E-state index in [1.807, 2.05) is 34.6 Å². The van der Waals surface area contributed by atoms with Crippen LogP contribution in [-0.4, -0.2) is 44.5 Å². The van der Waals surface area contributed by atoms with Crippen molar-refractivity contribution in [1.82, 2.24) is 9.80 Å². The Hall–Kier alpha value is -1.72. The second-order valence-corrected chi connectivity index (χ2v) is 8.35. The van der Waals surface area contributed by atoms with Crippen LogP contribution in [0.5, 0.6) is 0 Å². The quantitative estimate of drug-likeness (QED) is 0.721. The van der Waals surface area contributed by atoms with Gasteiger partial charge in [0.25, 0.3) is 0 Å². The van der Waals surface area contributed by atoms with E-state index in [4.69, 9.17) is 0 Å². The molecular formula is C18H28N2O4. The third kappa shape index (κ3) is 2.98. The van der Waals surface area contributed by atoms with Gasteiger partial charge in [-0.2, -0.15) is 0 Å². The molecule has 0 spiro atoms. The number of carbonyl (C=O) groups excluding carboxylic acids is 4. The average molecular weight is 336 g/mol. The van der Waals surface area contributed by atoms with Gasteiger partial charge in [-0.1, -0.05) is 13.8 Å². The molecule has 0 saturated carbocycles. The summed E-state index contributed by atoms with van der Waals surface area (Å²) in [6.45, 7) is 11.0. The van der Waals surface area contributed by atoms with Gasteiger partial charge >= 0.3 is 0 Å². The van der Waals surface area contributed by atoms with Crippen LogP contribution in [0.25, 0.3) is 0 Å². The van der Waals surface area contributed by atoms with Crippen molar-refractivity contribution in [2.24, 2.45) is 11.8 Å².